The van der Waals surface area contributed by atoms with Gasteiger partial charge in [-0.05, 0) is 67.5 Å². The summed E-state index contributed by atoms with van der Waals surface area (Å²) < 4.78 is 11.7. The Morgan fingerprint density at radius 1 is 1.00 bits per heavy atom. The number of carbonyl (C=O) groups is 2. The van der Waals surface area contributed by atoms with Crippen molar-refractivity contribution in [1.29, 1.82) is 0 Å². The zero-order valence-corrected chi connectivity index (χ0v) is 17.2. The van der Waals surface area contributed by atoms with Crippen LogP contribution in [0.15, 0.2) is 59.7 Å². The monoisotopic (exact) mass is 403 g/mol. The first kappa shape index (κ1) is 20.0. The van der Waals surface area contributed by atoms with Gasteiger partial charge in [0.25, 0.3) is 11.8 Å². The highest BCUT2D eigenvalue weighted by molar-refractivity contribution is 6.29. The Kier molecular flexibility index (Phi) is 5.70. The molecule has 30 heavy (non-hydrogen) atoms. The van der Waals surface area contributed by atoms with E-state index in [9.17, 15) is 9.59 Å². The molecule has 2 aromatic carbocycles. The van der Waals surface area contributed by atoms with Gasteiger partial charge < -0.3 is 9.47 Å². The van der Waals surface area contributed by atoms with Gasteiger partial charge in [0.2, 0.25) is 0 Å². The quantitative estimate of drug-likeness (QED) is 0.588. The average molecular weight is 403 g/mol. The molecule has 5 heteroatoms. The first-order valence-corrected chi connectivity index (χ1v) is 10.3. The molecule has 1 aliphatic heterocycles. The van der Waals surface area contributed by atoms with E-state index in [0.29, 0.717) is 28.2 Å². The number of amides is 2. The van der Waals surface area contributed by atoms with Crippen LogP contribution in [0.25, 0.3) is 11.6 Å². The van der Waals surface area contributed by atoms with Crippen molar-refractivity contribution in [3.8, 4) is 11.5 Å². The molecule has 1 saturated heterocycles. The van der Waals surface area contributed by atoms with Crippen LogP contribution in [0.1, 0.15) is 43.7 Å². The molecular weight excluding hydrogens is 378 g/mol. The summed E-state index contributed by atoms with van der Waals surface area (Å²) in [7, 11) is 1.61. The number of rotatable bonds is 5. The van der Waals surface area contributed by atoms with Crippen molar-refractivity contribution in [2.75, 3.05) is 7.11 Å². The lowest BCUT2D eigenvalue weighted by Crippen LogP contribution is -2.20. The van der Waals surface area contributed by atoms with E-state index in [-0.39, 0.29) is 17.9 Å². The molecule has 0 bridgehead atoms. The highest BCUT2D eigenvalue weighted by atomic mass is 16.5. The van der Waals surface area contributed by atoms with Crippen LogP contribution in [0.3, 0.4) is 0 Å². The van der Waals surface area contributed by atoms with Crippen molar-refractivity contribution in [2.45, 2.75) is 38.7 Å². The maximum Gasteiger partial charge on any atom is 0.259 e. The molecule has 2 fully saturated rings. The number of allylic oxidation sites excluding steroid dienone is 1. The molecule has 1 heterocycles. The summed E-state index contributed by atoms with van der Waals surface area (Å²) >= 11 is 0. The van der Waals surface area contributed by atoms with E-state index in [2.05, 4.69) is 5.32 Å². The Bertz CT molecular complexity index is 1030. The predicted molar refractivity (Wildman–Crippen MR) is 116 cm³/mol. The first-order chi connectivity index (χ1) is 14.6. The molecule has 2 aliphatic rings. The summed E-state index contributed by atoms with van der Waals surface area (Å²) in [6, 6.07) is 15.1. The van der Waals surface area contributed by atoms with Crippen LogP contribution < -0.4 is 14.8 Å². The average Bonchev–Trinajstić information content (AvgIpc) is 3.36. The number of imide groups is 1. The molecular formula is C25H25NO4. The minimum Gasteiger partial charge on any atom is -0.493 e. The Morgan fingerprint density at radius 2 is 1.73 bits per heavy atom. The van der Waals surface area contributed by atoms with Crippen LogP contribution in [0, 0.1) is 0 Å². The molecule has 0 aromatic heterocycles. The van der Waals surface area contributed by atoms with E-state index in [1.54, 1.807) is 13.2 Å². The summed E-state index contributed by atoms with van der Waals surface area (Å²) in [4.78, 5) is 25.0. The molecule has 2 amide bonds. The van der Waals surface area contributed by atoms with Gasteiger partial charge in [-0.15, -0.1) is 0 Å². The number of methoxy groups -OCH3 is 1. The number of nitrogens with one attached hydrogen (secondary N) is 1. The first-order valence-electron chi connectivity index (χ1n) is 10.3. The molecule has 0 spiro atoms. The van der Waals surface area contributed by atoms with Crippen LogP contribution >= 0.6 is 0 Å². The van der Waals surface area contributed by atoms with E-state index >= 15 is 0 Å². The van der Waals surface area contributed by atoms with Crippen molar-refractivity contribution in [3.63, 3.8) is 0 Å². The largest absolute Gasteiger partial charge is 0.493 e. The summed E-state index contributed by atoms with van der Waals surface area (Å²) in [5, 5.41) is 2.42. The molecule has 0 unspecified atom stereocenters. The number of hydrogen-bond acceptors (Lipinski definition) is 4. The maximum atomic E-state index is 12.6. The lowest BCUT2D eigenvalue weighted by atomic mass is 9.95. The van der Waals surface area contributed by atoms with Crippen molar-refractivity contribution in [1.82, 2.24) is 5.32 Å². The van der Waals surface area contributed by atoms with Gasteiger partial charge in [-0.25, -0.2) is 0 Å². The van der Waals surface area contributed by atoms with Gasteiger partial charge in [-0.1, -0.05) is 36.4 Å². The Labute approximate surface area is 176 Å². The number of benzene rings is 2. The summed E-state index contributed by atoms with van der Waals surface area (Å²) in [5.74, 6) is 0.562. The number of carbonyl (C=O) groups excluding carboxylic acids is 2. The minimum atomic E-state index is -0.384. The van der Waals surface area contributed by atoms with Crippen molar-refractivity contribution >= 4 is 23.5 Å². The molecule has 1 aliphatic carbocycles. The van der Waals surface area contributed by atoms with Crippen molar-refractivity contribution < 1.29 is 19.1 Å². The maximum absolute atomic E-state index is 12.6. The summed E-state index contributed by atoms with van der Waals surface area (Å²) in [5.41, 5.74) is 3.14. The van der Waals surface area contributed by atoms with E-state index in [0.717, 1.165) is 24.0 Å². The van der Waals surface area contributed by atoms with Gasteiger partial charge in [0.1, 0.15) is 0 Å². The van der Waals surface area contributed by atoms with Crippen LogP contribution in [0.5, 0.6) is 11.5 Å². The van der Waals surface area contributed by atoms with Crippen LogP contribution in [-0.2, 0) is 9.59 Å². The fraction of sp³-hybridized carbons (Fsp3) is 0.280. The van der Waals surface area contributed by atoms with Gasteiger partial charge in [0, 0.05) is 0 Å². The number of hydrogen-bond donors (Lipinski definition) is 1. The van der Waals surface area contributed by atoms with Crippen LogP contribution in [0.2, 0.25) is 0 Å². The second kappa shape index (κ2) is 8.57. The highest BCUT2D eigenvalue weighted by Gasteiger charge is 2.32. The van der Waals surface area contributed by atoms with E-state index in [4.69, 9.17) is 9.47 Å². The highest BCUT2D eigenvalue weighted by Crippen LogP contribution is 2.36. The van der Waals surface area contributed by atoms with Gasteiger partial charge in [0.15, 0.2) is 11.5 Å². The van der Waals surface area contributed by atoms with E-state index in [1.807, 2.05) is 55.5 Å². The van der Waals surface area contributed by atoms with Gasteiger partial charge in [0.05, 0.1) is 24.4 Å². The fourth-order valence-corrected chi connectivity index (χ4v) is 4.02. The van der Waals surface area contributed by atoms with Crippen molar-refractivity contribution in [2.24, 2.45) is 0 Å². The Morgan fingerprint density at radius 3 is 2.43 bits per heavy atom. The molecule has 1 saturated carbocycles. The van der Waals surface area contributed by atoms with Gasteiger partial charge >= 0.3 is 0 Å². The van der Waals surface area contributed by atoms with E-state index in [1.165, 1.54) is 12.8 Å². The summed E-state index contributed by atoms with van der Waals surface area (Å²) in [6.07, 6.45) is 6.47. The summed E-state index contributed by atoms with van der Waals surface area (Å²) in [6.45, 7) is 1.85. The Balaban J connectivity index is 1.71. The lowest BCUT2D eigenvalue weighted by molar-refractivity contribution is -0.123. The van der Waals surface area contributed by atoms with Gasteiger partial charge in [-0.2, -0.15) is 0 Å². The predicted octanol–water partition coefficient (Wildman–Crippen LogP) is 4.53. The molecule has 4 rings (SSSR count). The SMILES string of the molecule is COc1cc(C(C)=C2C(=O)NC(=O)C2=Cc2ccccc2)ccc1OC1CCCC1. The third-order valence-corrected chi connectivity index (χ3v) is 5.65. The number of ether oxygens (including phenoxy) is 2. The van der Waals surface area contributed by atoms with Gasteiger partial charge in [-0.3, -0.25) is 14.9 Å². The van der Waals surface area contributed by atoms with Crippen LogP contribution in [0.4, 0.5) is 0 Å². The standard InChI is InChI=1S/C25H25NO4/c1-16(18-12-13-21(22(15-18)29-2)30-19-10-6-7-11-19)23-20(24(27)26-25(23)28)14-17-8-4-3-5-9-17/h3-5,8-9,12-15,19H,6-7,10-11H2,1-2H3,(H,26,27,28). The third-order valence-electron chi connectivity index (χ3n) is 5.65. The normalized spacial score (nSPS) is 19.9. The second-order valence-electron chi connectivity index (χ2n) is 7.64. The third kappa shape index (κ3) is 4.01. The van der Waals surface area contributed by atoms with Crippen molar-refractivity contribution in [3.05, 3.63) is 70.8 Å². The smallest absolute Gasteiger partial charge is 0.259 e. The molecule has 2 aromatic rings. The molecule has 154 valence electrons. The molecule has 1 N–H and O–H groups in total. The zero-order valence-electron chi connectivity index (χ0n) is 17.2. The minimum absolute atomic E-state index is 0.225. The Hall–Kier alpha value is -3.34. The molecule has 5 nitrogen and oxygen atoms in total. The lowest BCUT2D eigenvalue weighted by Gasteiger charge is -2.17. The zero-order chi connectivity index (χ0) is 21.1. The topological polar surface area (TPSA) is 64.6 Å². The molecule has 0 atom stereocenters. The second-order valence-corrected chi connectivity index (χ2v) is 7.64. The molecule has 0 radical (unpaired) electrons. The van der Waals surface area contributed by atoms with Crippen LogP contribution in [-0.4, -0.2) is 25.0 Å². The van der Waals surface area contributed by atoms with E-state index < -0.39 is 0 Å². The fourth-order valence-electron chi connectivity index (χ4n) is 4.02.